The van der Waals surface area contributed by atoms with Gasteiger partial charge in [-0.2, -0.15) is 13.2 Å². The summed E-state index contributed by atoms with van der Waals surface area (Å²) in [4.78, 5) is 15.5. The summed E-state index contributed by atoms with van der Waals surface area (Å²) in [6.45, 7) is 3.04. The molecule has 172 valence electrons. The van der Waals surface area contributed by atoms with Gasteiger partial charge in [0.1, 0.15) is 11.6 Å². The van der Waals surface area contributed by atoms with Crippen LogP contribution in [0, 0.1) is 5.82 Å². The zero-order valence-electron chi connectivity index (χ0n) is 17.5. The second kappa shape index (κ2) is 8.37. The van der Waals surface area contributed by atoms with Crippen LogP contribution >= 0.6 is 11.6 Å². The van der Waals surface area contributed by atoms with Gasteiger partial charge in [-0.05, 0) is 41.7 Å². The van der Waals surface area contributed by atoms with Gasteiger partial charge in [-0.15, -0.1) is 0 Å². The summed E-state index contributed by atoms with van der Waals surface area (Å²) in [5.74, 6) is -1.09. The fraction of sp³-hybridized carbons (Fsp3) is 0.364. The van der Waals surface area contributed by atoms with E-state index in [1.807, 2.05) is 0 Å². The molecule has 2 N–H and O–H groups in total. The predicted octanol–water partition coefficient (Wildman–Crippen LogP) is 5.09. The Hall–Kier alpha value is -2.65. The molecule has 1 amide bonds. The largest absolute Gasteiger partial charge is 0.496 e. The molecule has 0 spiro atoms. The number of carbonyl (C=O) groups excluding carboxylic acids is 1. The average molecular weight is 473 g/mol. The first-order valence-electron chi connectivity index (χ1n) is 9.56. The predicted molar refractivity (Wildman–Crippen MR) is 112 cm³/mol. The smallest absolute Gasteiger partial charge is 0.422 e. The van der Waals surface area contributed by atoms with E-state index in [2.05, 4.69) is 10.3 Å². The number of benzene rings is 2. The summed E-state index contributed by atoms with van der Waals surface area (Å²) >= 11 is 5.95. The molecule has 0 saturated carbocycles. The van der Waals surface area contributed by atoms with Gasteiger partial charge in [0.2, 0.25) is 0 Å². The summed E-state index contributed by atoms with van der Waals surface area (Å²) < 4.78 is 61.1. The Balaban J connectivity index is 2.02. The first kappa shape index (κ1) is 24.0. The van der Waals surface area contributed by atoms with E-state index in [9.17, 15) is 27.5 Å². The maximum absolute atomic E-state index is 14.0. The second-order valence-electron chi connectivity index (χ2n) is 8.22. The van der Waals surface area contributed by atoms with Crippen molar-refractivity contribution in [1.29, 1.82) is 0 Å². The first-order chi connectivity index (χ1) is 14.8. The number of nitrogens with one attached hydrogen (secondary N) is 1. The molecule has 3 rings (SSSR count). The van der Waals surface area contributed by atoms with Crippen LogP contribution in [0.25, 0.3) is 0 Å². The molecule has 0 aliphatic carbocycles. The number of nitrogens with zero attached hydrogens (tertiary/aromatic N) is 1. The summed E-state index contributed by atoms with van der Waals surface area (Å²) in [5, 5.41) is 13.5. The van der Waals surface area contributed by atoms with Crippen molar-refractivity contribution >= 4 is 29.4 Å². The molecule has 5 nitrogen and oxygen atoms in total. The molecule has 32 heavy (non-hydrogen) atoms. The number of fused-ring (bicyclic) bond motifs is 1. The number of amides is 1. The molecular weight excluding hydrogens is 452 g/mol. The third-order valence-electron chi connectivity index (χ3n) is 5.37. The van der Waals surface area contributed by atoms with Crippen molar-refractivity contribution in [3.63, 3.8) is 0 Å². The number of ether oxygens (including phenoxy) is 1. The van der Waals surface area contributed by atoms with Crippen molar-refractivity contribution < 1.29 is 32.2 Å². The highest BCUT2D eigenvalue weighted by molar-refractivity contribution is 6.30. The Labute approximate surface area is 187 Å². The molecule has 2 aromatic carbocycles. The molecule has 1 atom stereocenters. The zero-order valence-corrected chi connectivity index (χ0v) is 18.2. The lowest BCUT2D eigenvalue weighted by molar-refractivity contribution is -0.234. The lowest BCUT2D eigenvalue weighted by Gasteiger charge is -2.36. The highest BCUT2D eigenvalue weighted by Gasteiger charge is 2.55. The molecule has 1 aliphatic heterocycles. The van der Waals surface area contributed by atoms with Crippen LogP contribution in [-0.4, -0.2) is 36.1 Å². The minimum Gasteiger partial charge on any atom is -0.496 e. The summed E-state index contributed by atoms with van der Waals surface area (Å²) in [6, 6.07) is 6.43. The second-order valence-corrected chi connectivity index (χ2v) is 8.66. The summed E-state index contributed by atoms with van der Waals surface area (Å²) in [6.07, 6.45) is -5.54. The van der Waals surface area contributed by atoms with E-state index in [1.165, 1.54) is 39.2 Å². The van der Waals surface area contributed by atoms with Gasteiger partial charge >= 0.3 is 6.18 Å². The number of methoxy groups -OCH3 is 1. The van der Waals surface area contributed by atoms with Crippen LogP contribution in [-0.2, 0) is 12.0 Å². The molecule has 0 radical (unpaired) electrons. The molecule has 1 heterocycles. The third kappa shape index (κ3) is 4.59. The van der Waals surface area contributed by atoms with Crippen LogP contribution in [0.3, 0.4) is 0 Å². The minimum atomic E-state index is -5.09. The van der Waals surface area contributed by atoms with Crippen molar-refractivity contribution in [2.24, 2.45) is 4.99 Å². The standard InChI is InChI=1S/C22H21ClF4N2O3/c1-20(2,16-5-4-12(23)6-18(16)32-3)10-21(31,22(25,26)27)11-29-17-8-13(24)7-14-15(17)9-28-19(14)30/h4-8,11,31H,9-10H2,1-3H3,(H,28,30). The van der Waals surface area contributed by atoms with Crippen LogP contribution in [0.4, 0.5) is 23.2 Å². The monoisotopic (exact) mass is 472 g/mol. The third-order valence-corrected chi connectivity index (χ3v) is 5.61. The number of hydrogen-bond donors (Lipinski definition) is 2. The minimum absolute atomic E-state index is 0.000959. The van der Waals surface area contributed by atoms with Gasteiger partial charge in [-0.1, -0.05) is 31.5 Å². The van der Waals surface area contributed by atoms with Crippen LogP contribution in [0.1, 0.15) is 41.8 Å². The van der Waals surface area contributed by atoms with Gasteiger partial charge in [0.25, 0.3) is 5.91 Å². The van der Waals surface area contributed by atoms with Gasteiger partial charge < -0.3 is 15.2 Å². The summed E-state index contributed by atoms with van der Waals surface area (Å²) in [5.41, 5.74) is -4.08. The fourth-order valence-corrected chi connectivity index (χ4v) is 3.94. The van der Waals surface area contributed by atoms with E-state index in [4.69, 9.17) is 16.3 Å². The fourth-order valence-electron chi connectivity index (χ4n) is 3.78. The first-order valence-corrected chi connectivity index (χ1v) is 9.94. The van der Waals surface area contributed by atoms with Crippen molar-refractivity contribution in [2.45, 2.75) is 44.0 Å². The SMILES string of the molecule is COc1cc(Cl)ccc1C(C)(C)CC(O)(C=Nc1cc(F)cc2c1CNC2=O)C(F)(F)F. The van der Waals surface area contributed by atoms with Crippen LogP contribution in [0.15, 0.2) is 35.3 Å². The topological polar surface area (TPSA) is 70.9 Å². The maximum Gasteiger partial charge on any atom is 0.422 e. The zero-order chi connectivity index (χ0) is 23.9. The van der Waals surface area contributed by atoms with Crippen LogP contribution < -0.4 is 10.1 Å². The number of rotatable bonds is 6. The highest BCUT2D eigenvalue weighted by atomic mass is 35.5. The van der Waals surface area contributed by atoms with Crippen molar-refractivity contribution in [3.8, 4) is 5.75 Å². The van der Waals surface area contributed by atoms with Gasteiger partial charge in [0.15, 0.2) is 5.60 Å². The Morgan fingerprint density at radius 3 is 2.56 bits per heavy atom. The van der Waals surface area contributed by atoms with E-state index in [-0.39, 0.29) is 29.1 Å². The Morgan fingerprint density at radius 2 is 1.94 bits per heavy atom. The van der Waals surface area contributed by atoms with Crippen molar-refractivity contribution in [2.75, 3.05) is 7.11 Å². The van der Waals surface area contributed by atoms with Gasteiger partial charge in [0.05, 0.1) is 12.8 Å². The quantitative estimate of drug-likeness (QED) is 0.454. The Bertz CT molecular complexity index is 1090. The number of carbonyl (C=O) groups is 1. The number of aliphatic imine (C=N–C) groups is 1. The lowest BCUT2D eigenvalue weighted by Crippen LogP contribution is -2.50. The number of aliphatic hydroxyl groups is 1. The van der Waals surface area contributed by atoms with E-state index >= 15 is 0 Å². The van der Waals surface area contributed by atoms with Crippen LogP contribution in [0.2, 0.25) is 5.02 Å². The van der Waals surface area contributed by atoms with Gasteiger partial charge in [-0.3, -0.25) is 9.79 Å². The molecule has 0 fully saturated rings. The lowest BCUT2D eigenvalue weighted by atomic mass is 9.75. The van der Waals surface area contributed by atoms with E-state index < -0.39 is 35.3 Å². The molecule has 0 saturated heterocycles. The molecule has 1 unspecified atom stereocenters. The van der Waals surface area contributed by atoms with Crippen LogP contribution in [0.5, 0.6) is 5.75 Å². The number of hydrogen-bond acceptors (Lipinski definition) is 4. The maximum atomic E-state index is 14.0. The van der Waals surface area contributed by atoms with E-state index in [0.29, 0.717) is 16.8 Å². The molecule has 1 aliphatic rings. The van der Waals surface area contributed by atoms with Crippen molar-refractivity contribution in [1.82, 2.24) is 5.32 Å². The molecule has 10 heteroatoms. The normalized spacial score (nSPS) is 16.1. The van der Waals surface area contributed by atoms with Gasteiger partial charge in [0, 0.05) is 28.9 Å². The summed E-state index contributed by atoms with van der Waals surface area (Å²) in [7, 11) is 1.36. The number of halogens is 5. The molecular formula is C22H21ClF4N2O3. The highest BCUT2D eigenvalue weighted by Crippen LogP contribution is 2.43. The van der Waals surface area contributed by atoms with E-state index in [0.717, 1.165) is 12.1 Å². The molecule has 2 aromatic rings. The Kier molecular flexibility index (Phi) is 6.27. The molecule has 0 aromatic heterocycles. The van der Waals surface area contributed by atoms with E-state index in [1.54, 1.807) is 0 Å². The van der Waals surface area contributed by atoms with Gasteiger partial charge in [-0.25, -0.2) is 4.39 Å². The van der Waals surface area contributed by atoms with Crippen molar-refractivity contribution in [3.05, 3.63) is 57.9 Å². The Morgan fingerprint density at radius 1 is 1.25 bits per heavy atom. The molecule has 0 bridgehead atoms. The average Bonchev–Trinajstić information content (AvgIpc) is 3.05. The number of alkyl halides is 3.